The van der Waals surface area contributed by atoms with E-state index in [9.17, 15) is 9.18 Å². The molecule has 0 aliphatic heterocycles. The Morgan fingerprint density at radius 3 is 2.73 bits per heavy atom. The lowest BCUT2D eigenvalue weighted by atomic mass is 9.78. The van der Waals surface area contributed by atoms with Crippen LogP contribution in [0.5, 0.6) is 0 Å². The van der Waals surface area contributed by atoms with Crippen molar-refractivity contribution in [3.8, 4) is 0 Å². The van der Waals surface area contributed by atoms with Crippen molar-refractivity contribution < 1.29 is 13.8 Å². The van der Waals surface area contributed by atoms with Gasteiger partial charge in [0, 0.05) is 30.8 Å². The minimum absolute atomic E-state index is 0.206. The smallest absolute Gasteiger partial charge is 0.230 e. The highest BCUT2D eigenvalue weighted by Crippen LogP contribution is 2.38. The number of fused-ring (bicyclic) bond motifs is 1. The molecule has 0 bridgehead atoms. The van der Waals surface area contributed by atoms with E-state index >= 15 is 0 Å². The highest BCUT2D eigenvalue weighted by atomic mass is 19.1. The summed E-state index contributed by atoms with van der Waals surface area (Å²) in [4.78, 5) is 12.2. The van der Waals surface area contributed by atoms with Gasteiger partial charge in [-0.3, -0.25) is 4.79 Å². The number of pyridine rings is 1. The number of aryl methyl sites for hydroxylation is 1. The summed E-state index contributed by atoms with van der Waals surface area (Å²) < 4.78 is 19.4. The number of ketones is 1. The molecule has 3 nitrogen and oxygen atoms in total. The van der Waals surface area contributed by atoms with E-state index < -0.39 is 5.67 Å². The molecular weight excluding hydrogens is 411 g/mol. The van der Waals surface area contributed by atoms with E-state index in [0.717, 1.165) is 36.9 Å². The van der Waals surface area contributed by atoms with Crippen LogP contribution in [0.1, 0.15) is 64.4 Å². The van der Waals surface area contributed by atoms with E-state index in [1.807, 2.05) is 6.08 Å². The van der Waals surface area contributed by atoms with Gasteiger partial charge in [-0.25, -0.2) is 4.39 Å². The topological polar surface area (TPSA) is 25.9 Å². The Labute approximate surface area is 197 Å². The number of hydrogen-bond donors (Lipinski definition) is 0. The van der Waals surface area contributed by atoms with Crippen LogP contribution in [0.2, 0.25) is 0 Å². The van der Waals surface area contributed by atoms with Crippen LogP contribution in [-0.4, -0.2) is 16.0 Å². The van der Waals surface area contributed by atoms with Gasteiger partial charge < -0.3 is 4.57 Å². The molecule has 176 valence electrons. The van der Waals surface area contributed by atoms with Crippen LogP contribution < -0.4 is 4.57 Å². The number of nitrogens with zero attached hydrogens (tertiary/aromatic N) is 2. The maximum atomic E-state index is 14.8. The zero-order valence-corrected chi connectivity index (χ0v) is 20.4. The lowest BCUT2D eigenvalue weighted by Gasteiger charge is -2.33. The van der Waals surface area contributed by atoms with Crippen LogP contribution in [0.15, 0.2) is 55.4 Å². The number of aromatic nitrogens is 2. The van der Waals surface area contributed by atoms with Crippen molar-refractivity contribution in [1.29, 1.82) is 0 Å². The molecule has 2 aliphatic rings. The Morgan fingerprint density at radius 1 is 1.27 bits per heavy atom. The van der Waals surface area contributed by atoms with Gasteiger partial charge in [-0.1, -0.05) is 32.1 Å². The van der Waals surface area contributed by atoms with Gasteiger partial charge in [-0.2, -0.15) is 4.57 Å². The molecule has 0 radical (unpaired) electrons. The summed E-state index contributed by atoms with van der Waals surface area (Å²) in [5, 5.41) is 0. The van der Waals surface area contributed by atoms with Gasteiger partial charge in [0.2, 0.25) is 5.52 Å². The van der Waals surface area contributed by atoms with E-state index in [2.05, 4.69) is 67.2 Å². The average Bonchev–Trinajstić information content (AvgIpc) is 3.16. The van der Waals surface area contributed by atoms with Crippen LogP contribution in [0.4, 0.5) is 4.39 Å². The minimum Gasteiger partial charge on any atom is -0.342 e. The summed E-state index contributed by atoms with van der Waals surface area (Å²) in [6.07, 6.45) is 17.2. The Morgan fingerprint density at radius 2 is 2.03 bits per heavy atom. The van der Waals surface area contributed by atoms with Gasteiger partial charge in [0.05, 0.1) is 0 Å². The number of alkyl halides is 1. The molecule has 0 saturated heterocycles. The zero-order valence-electron chi connectivity index (χ0n) is 20.4. The van der Waals surface area contributed by atoms with Crippen LogP contribution in [0.3, 0.4) is 0 Å². The first-order valence-corrected chi connectivity index (χ1v) is 12.5. The van der Waals surface area contributed by atoms with E-state index in [4.69, 9.17) is 0 Å². The highest BCUT2D eigenvalue weighted by Gasteiger charge is 2.34. The van der Waals surface area contributed by atoms with Crippen LogP contribution in [-0.2, 0) is 18.4 Å². The lowest BCUT2D eigenvalue weighted by molar-refractivity contribution is -0.645. The SMILES string of the molecule is C=CCC1(F)CCC(Cn2ccc3c2cc(C2=CC(C(C)C)CCC(=O)C=C2)c[n+]3C)CC1. The fraction of sp³-hybridized carbons (Fsp3) is 0.517. The minimum atomic E-state index is -1.06. The van der Waals surface area contributed by atoms with Crippen molar-refractivity contribution in [3.05, 3.63) is 61.0 Å². The number of halogens is 1. The van der Waals surface area contributed by atoms with E-state index in [1.54, 1.807) is 12.2 Å². The predicted octanol–water partition coefficient (Wildman–Crippen LogP) is 6.52. The van der Waals surface area contributed by atoms with E-state index in [1.165, 1.54) is 11.0 Å². The highest BCUT2D eigenvalue weighted by molar-refractivity contribution is 5.93. The number of carbonyl (C=O) groups excluding carboxylic acids is 1. The third kappa shape index (κ3) is 5.37. The Balaban J connectivity index is 1.62. The molecule has 4 rings (SSSR count). The maximum absolute atomic E-state index is 14.8. The summed E-state index contributed by atoms with van der Waals surface area (Å²) >= 11 is 0. The monoisotopic (exact) mass is 449 g/mol. The third-order valence-corrected chi connectivity index (χ3v) is 7.71. The van der Waals surface area contributed by atoms with Gasteiger partial charge in [0.1, 0.15) is 18.2 Å². The molecule has 0 amide bonds. The molecule has 0 N–H and O–H groups in total. The first-order valence-electron chi connectivity index (χ1n) is 12.5. The second-order valence-electron chi connectivity index (χ2n) is 10.5. The molecule has 2 aromatic rings. The lowest BCUT2D eigenvalue weighted by Crippen LogP contribution is -2.31. The van der Waals surface area contributed by atoms with Crippen molar-refractivity contribution >= 4 is 22.4 Å². The number of rotatable bonds is 6. The quantitative estimate of drug-likeness (QED) is 0.364. The summed E-state index contributed by atoms with van der Waals surface area (Å²) in [5.74, 6) is 1.58. The maximum Gasteiger partial charge on any atom is 0.230 e. The molecule has 1 unspecified atom stereocenters. The van der Waals surface area contributed by atoms with Crippen LogP contribution in [0, 0.1) is 17.8 Å². The number of carbonyl (C=O) groups is 1. The molecule has 0 spiro atoms. The predicted molar refractivity (Wildman–Crippen MR) is 133 cm³/mol. The molecule has 2 heterocycles. The Kier molecular flexibility index (Phi) is 7.02. The Hall–Kier alpha value is -2.49. The first kappa shape index (κ1) is 23.7. The van der Waals surface area contributed by atoms with Gasteiger partial charge in [0.15, 0.2) is 12.0 Å². The molecule has 1 saturated carbocycles. The van der Waals surface area contributed by atoms with Crippen LogP contribution >= 0.6 is 0 Å². The van der Waals surface area contributed by atoms with Crippen LogP contribution in [0.25, 0.3) is 16.6 Å². The van der Waals surface area contributed by atoms with Crippen molar-refractivity contribution in [2.24, 2.45) is 24.8 Å². The van der Waals surface area contributed by atoms with Crippen molar-refractivity contribution in [1.82, 2.24) is 4.57 Å². The average molecular weight is 450 g/mol. The number of hydrogen-bond acceptors (Lipinski definition) is 1. The largest absolute Gasteiger partial charge is 0.342 e. The molecule has 1 atom stereocenters. The summed E-state index contributed by atoms with van der Waals surface area (Å²) in [6.45, 7) is 9.10. The summed E-state index contributed by atoms with van der Waals surface area (Å²) in [6, 6.07) is 4.43. The molecule has 1 fully saturated rings. The summed E-state index contributed by atoms with van der Waals surface area (Å²) in [7, 11) is 2.09. The van der Waals surface area contributed by atoms with Gasteiger partial charge in [0.25, 0.3) is 0 Å². The normalized spacial score (nSPS) is 26.3. The Bertz CT molecular complexity index is 1080. The van der Waals surface area contributed by atoms with Crippen molar-refractivity contribution in [2.75, 3.05) is 0 Å². The van der Waals surface area contributed by atoms with Gasteiger partial charge in [-0.15, -0.1) is 6.58 Å². The zero-order chi connectivity index (χ0) is 23.6. The second kappa shape index (κ2) is 9.79. The molecule has 2 aliphatic carbocycles. The molecular formula is C29H38FN2O+. The van der Waals surface area contributed by atoms with Gasteiger partial charge in [-0.05, 0) is 74.0 Å². The summed E-state index contributed by atoms with van der Waals surface area (Å²) in [5.41, 5.74) is 3.59. The fourth-order valence-corrected chi connectivity index (χ4v) is 5.49. The van der Waals surface area contributed by atoms with E-state index in [0.29, 0.717) is 43.4 Å². The third-order valence-electron chi connectivity index (χ3n) is 7.71. The standard InChI is InChI=1S/C29H38FN2O/c1-5-13-29(30)14-10-22(11-15-29)19-32-16-12-27-28(32)18-25(20-31(27)4)24-7-9-26(33)8-6-23(17-24)21(2)3/h5,7,9,12,16-18,20-23H,1,6,8,10-11,13-15,19H2,2-4H3/q+1. The molecule has 0 aromatic carbocycles. The first-order chi connectivity index (χ1) is 15.8. The van der Waals surface area contributed by atoms with Gasteiger partial charge >= 0.3 is 0 Å². The fourth-order valence-electron chi connectivity index (χ4n) is 5.49. The molecule has 4 heteroatoms. The van der Waals surface area contributed by atoms with E-state index in [-0.39, 0.29) is 5.78 Å². The van der Waals surface area contributed by atoms with Crippen molar-refractivity contribution in [3.63, 3.8) is 0 Å². The second-order valence-corrected chi connectivity index (χ2v) is 10.5. The van der Waals surface area contributed by atoms with Crippen molar-refractivity contribution in [2.45, 2.75) is 71.0 Å². The molecule has 33 heavy (non-hydrogen) atoms. The number of allylic oxidation sites excluding steroid dienone is 5. The molecule has 2 aromatic heterocycles.